The average molecular weight is 234 g/mol. The van der Waals surface area contributed by atoms with Crippen LogP contribution in [0, 0.1) is 0 Å². The second kappa shape index (κ2) is 6.58. The minimum absolute atomic E-state index is 0.528. The molecule has 0 radical (unpaired) electrons. The van der Waals surface area contributed by atoms with Crippen molar-refractivity contribution in [1.82, 2.24) is 0 Å². The molecule has 1 aromatic rings. The summed E-state index contributed by atoms with van der Waals surface area (Å²) in [6.45, 7) is 11.0. The Bertz CT molecular complexity index is 356. The summed E-state index contributed by atoms with van der Waals surface area (Å²) in [5.41, 5.74) is 2.24. The van der Waals surface area contributed by atoms with Crippen molar-refractivity contribution in [2.45, 2.75) is 39.6 Å². The Morgan fingerprint density at radius 3 is 2.71 bits per heavy atom. The molecule has 0 aliphatic carbocycles. The van der Waals surface area contributed by atoms with E-state index in [9.17, 15) is 0 Å². The molecule has 0 spiro atoms. The molecule has 0 saturated heterocycles. The lowest BCUT2D eigenvalue weighted by molar-refractivity contribution is -0.219. The van der Waals surface area contributed by atoms with Gasteiger partial charge in [-0.25, -0.2) is 0 Å². The van der Waals surface area contributed by atoms with Gasteiger partial charge in [0.1, 0.15) is 0 Å². The number of hydrogen-bond donors (Lipinski definition) is 0. The van der Waals surface area contributed by atoms with Crippen LogP contribution in [0.5, 0.6) is 0 Å². The number of benzene rings is 1. The van der Waals surface area contributed by atoms with Crippen molar-refractivity contribution in [3.63, 3.8) is 0 Å². The van der Waals surface area contributed by atoms with Gasteiger partial charge in [-0.3, -0.25) is 0 Å². The quantitative estimate of drug-likeness (QED) is 0.664. The lowest BCUT2D eigenvalue weighted by atomic mass is 10.1. The maximum Gasteiger partial charge on any atom is 0.163 e. The molecular formula is C15H22O2. The molecule has 0 heterocycles. The molecule has 1 aromatic carbocycles. The average Bonchev–Trinajstić information content (AvgIpc) is 2.34. The lowest BCUT2D eigenvalue weighted by Crippen LogP contribution is -2.28. The molecule has 0 amide bonds. The van der Waals surface area contributed by atoms with Gasteiger partial charge in [0.2, 0.25) is 0 Å². The molecule has 0 fully saturated rings. The van der Waals surface area contributed by atoms with Gasteiger partial charge >= 0.3 is 0 Å². The van der Waals surface area contributed by atoms with E-state index in [1.807, 2.05) is 38.1 Å². The van der Waals surface area contributed by atoms with Crippen LogP contribution in [0.1, 0.15) is 38.3 Å². The summed E-state index contributed by atoms with van der Waals surface area (Å²) in [6.07, 6.45) is 2.83. The van der Waals surface area contributed by atoms with E-state index in [2.05, 4.69) is 19.6 Å². The normalized spacial score (nSPS) is 11.5. The van der Waals surface area contributed by atoms with Gasteiger partial charge in [-0.05, 0) is 37.5 Å². The van der Waals surface area contributed by atoms with Crippen molar-refractivity contribution in [1.29, 1.82) is 0 Å². The van der Waals surface area contributed by atoms with E-state index in [4.69, 9.17) is 9.47 Å². The zero-order chi connectivity index (χ0) is 12.7. The van der Waals surface area contributed by atoms with E-state index in [0.29, 0.717) is 6.61 Å². The van der Waals surface area contributed by atoms with Crippen molar-refractivity contribution in [3.05, 3.63) is 42.0 Å². The molecule has 2 nitrogen and oxygen atoms in total. The Morgan fingerprint density at radius 2 is 2.06 bits per heavy atom. The van der Waals surface area contributed by atoms with Gasteiger partial charge in [0, 0.05) is 6.61 Å². The molecule has 17 heavy (non-hydrogen) atoms. The highest BCUT2D eigenvalue weighted by molar-refractivity contribution is 5.47. The van der Waals surface area contributed by atoms with Crippen molar-refractivity contribution >= 4 is 6.08 Å². The van der Waals surface area contributed by atoms with Crippen molar-refractivity contribution < 1.29 is 9.47 Å². The van der Waals surface area contributed by atoms with Crippen LogP contribution in [0.4, 0.5) is 0 Å². The smallest absolute Gasteiger partial charge is 0.163 e. The third kappa shape index (κ3) is 5.16. The minimum Gasteiger partial charge on any atom is -0.351 e. The molecule has 94 valence electrons. The zero-order valence-corrected chi connectivity index (χ0v) is 11.0. The second-order valence-electron chi connectivity index (χ2n) is 4.49. The molecule has 0 aliphatic heterocycles. The Hall–Kier alpha value is -1.12. The molecule has 2 heteroatoms. The predicted molar refractivity (Wildman–Crippen MR) is 71.6 cm³/mol. The van der Waals surface area contributed by atoms with Crippen molar-refractivity contribution in [2.75, 3.05) is 6.61 Å². The second-order valence-corrected chi connectivity index (χ2v) is 4.49. The molecule has 0 atom stereocenters. The lowest BCUT2D eigenvalue weighted by Gasteiger charge is -2.25. The van der Waals surface area contributed by atoms with Gasteiger partial charge in [-0.2, -0.15) is 0 Å². The summed E-state index contributed by atoms with van der Waals surface area (Å²) in [7, 11) is 0. The van der Waals surface area contributed by atoms with Crippen LogP contribution in [-0.4, -0.2) is 12.4 Å². The zero-order valence-electron chi connectivity index (χ0n) is 11.0. The number of ether oxygens (including phenoxy) is 2. The van der Waals surface area contributed by atoms with E-state index < -0.39 is 5.79 Å². The molecule has 0 unspecified atom stereocenters. The fourth-order valence-corrected chi connectivity index (χ4v) is 1.46. The molecule has 0 aromatic heterocycles. The van der Waals surface area contributed by atoms with Gasteiger partial charge < -0.3 is 9.47 Å². The highest BCUT2D eigenvalue weighted by Crippen LogP contribution is 2.16. The summed E-state index contributed by atoms with van der Waals surface area (Å²) in [4.78, 5) is 0. The van der Waals surface area contributed by atoms with Crippen LogP contribution in [-0.2, 0) is 16.1 Å². The molecular weight excluding hydrogens is 212 g/mol. The first-order valence-corrected chi connectivity index (χ1v) is 6.06. The molecule has 0 aliphatic rings. The summed E-state index contributed by atoms with van der Waals surface area (Å²) in [6, 6.07) is 8.15. The third-order valence-corrected chi connectivity index (χ3v) is 2.43. The van der Waals surface area contributed by atoms with Gasteiger partial charge in [0.05, 0.1) is 6.61 Å². The SMILES string of the molecule is C=Cc1cccc(COC(C)(C)OCCC)c1. The van der Waals surface area contributed by atoms with E-state index in [1.54, 1.807) is 0 Å². The van der Waals surface area contributed by atoms with E-state index in [1.165, 1.54) is 0 Å². The fraction of sp³-hybridized carbons (Fsp3) is 0.467. The fourth-order valence-electron chi connectivity index (χ4n) is 1.46. The minimum atomic E-state index is -0.528. The largest absolute Gasteiger partial charge is 0.351 e. The Morgan fingerprint density at radius 1 is 1.29 bits per heavy atom. The first-order valence-electron chi connectivity index (χ1n) is 6.06. The summed E-state index contributed by atoms with van der Waals surface area (Å²) in [5, 5.41) is 0. The first-order chi connectivity index (χ1) is 8.07. The van der Waals surface area contributed by atoms with Crippen molar-refractivity contribution in [3.8, 4) is 0 Å². The number of rotatable bonds is 7. The van der Waals surface area contributed by atoms with E-state index >= 15 is 0 Å². The van der Waals surface area contributed by atoms with Crippen LogP contribution in [0.15, 0.2) is 30.8 Å². The highest BCUT2D eigenvalue weighted by Gasteiger charge is 2.18. The van der Waals surface area contributed by atoms with Crippen LogP contribution >= 0.6 is 0 Å². The van der Waals surface area contributed by atoms with Crippen LogP contribution in [0.3, 0.4) is 0 Å². The van der Waals surface area contributed by atoms with Crippen molar-refractivity contribution in [2.24, 2.45) is 0 Å². The Labute approximate surface area is 104 Å². The van der Waals surface area contributed by atoms with E-state index in [-0.39, 0.29) is 0 Å². The summed E-state index contributed by atoms with van der Waals surface area (Å²) >= 11 is 0. The summed E-state index contributed by atoms with van der Waals surface area (Å²) < 4.78 is 11.4. The highest BCUT2D eigenvalue weighted by atomic mass is 16.7. The maximum absolute atomic E-state index is 5.76. The van der Waals surface area contributed by atoms with Crippen LogP contribution in [0.25, 0.3) is 6.08 Å². The van der Waals surface area contributed by atoms with Gasteiger partial charge in [-0.1, -0.05) is 37.8 Å². The van der Waals surface area contributed by atoms with Gasteiger partial charge in [0.15, 0.2) is 5.79 Å². The Kier molecular flexibility index (Phi) is 5.39. The summed E-state index contributed by atoms with van der Waals surface area (Å²) in [5.74, 6) is -0.528. The van der Waals surface area contributed by atoms with Gasteiger partial charge in [-0.15, -0.1) is 0 Å². The predicted octanol–water partition coefficient (Wildman–Crippen LogP) is 4.01. The maximum atomic E-state index is 5.76. The monoisotopic (exact) mass is 234 g/mol. The standard InChI is InChI=1S/C15H22O2/c1-5-10-16-15(3,4)17-12-14-9-7-8-13(6-2)11-14/h6-9,11H,2,5,10,12H2,1,3-4H3. The topological polar surface area (TPSA) is 18.5 Å². The van der Waals surface area contributed by atoms with Gasteiger partial charge in [0.25, 0.3) is 0 Å². The van der Waals surface area contributed by atoms with Crippen LogP contribution in [0.2, 0.25) is 0 Å². The molecule has 0 bridgehead atoms. The molecule has 1 rings (SSSR count). The Balaban J connectivity index is 2.51. The van der Waals surface area contributed by atoms with E-state index in [0.717, 1.165) is 24.2 Å². The van der Waals surface area contributed by atoms with Crippen LogP contribution < -0.4 is 0 Å². The first kappa shape index (κ1) is 13.9. The molecule has 0 saturated carbocycles. The third-order valence-electron chi connectivity index (χ3n) is 2.43. The molecule has 0 N–H and O–H groups in total. The number of hydrogen-bond acceptors (Lipinski definition) is 2.